The Kier molecular flexibility index (Phi) is 4.17. The van der Waals surface area contributed by atoms with Crippen molar-refractivity contribution in [1.29, 1.82) is 0 Å². The average Bonchev–Trinajstić information content (AvgIpc) is 2.51. The van der Waals surface area contributed by atoms with Gasteiger partial charge in [0, 0.05) is 29.4 Å². The van der Waals surface area contributed by atoms with Gasteiger partial charge in [0.1, 0.15) is 5.75 Å². The summed E-state index contributed by atoms with van der Waals surface area (Å²) in [6.07, 6.45) is 1.78. The summed E-state index contributed by atoms with van der Waals surface area (Å²) in [5.74, 6) is 0.740. The molecular weight excluding hydrogens is 358 g/mol. The molecule has 4 nitrogen and oxygen atoms in total. The molecule has 0 amide bonds. The molecule has 5 heteroatoms. The Bertz CT molecular complexity index is 840. The highest BCUT2D eigenvalue weighted by Crippen LogP contribution is 2.42. The predicted octanol–water partition coefficient (Wildman–Crippen LogP) is 3.69. The van der Waals surface area contributed by atoms with Crippen LogP contribution in [0.5, 0.6) is 5.75 Å². The van der Waals surface area contributed by atoms with E-state index in [-0.39, 0.29) is 5.56 Å². The van der Waals surface area contributed by atoms with E-state index in [0.29, 0.717) is 6.61 Å². The molecule has 1 aliphatic rings. The molecule has 2 aromatic rings. The number of ether oxygens (including phenoxy) is 2. The van der Waals surface area contributed by atoms with E-state index in [2.05, 4.69) is 15.9 Å². The van der Waals surface area contributed by atoms with Gasteiger partial charge in [0.2, 0.25) is 0 Å². The van der Waals surface area contributed by atoms with Crippen molar-refractivity contribution in [3.63, 3.8) is 0 Å². The van der Waals surface area contributed by atoms with Crippen molar-refractivity contribution in [3.8, 4) is 5.75 Å². The van der Waals surface area contributed by atoms with E-state index < -0.39 is 5.60 Å². The van der Waals surface area contributed by atoms with E-state index in [1.54, 1.807) is 30.0 Å². The van der Waals surface area contributed by atoms with Gasteiger partial charge in [0.15, 0.2) is 5.60 Å². The standard InChI is InChI=1S/C18H18BrNO3/c1-12-17(20-9-5-4-6-16(20)21)14-10-13(19)7-8-15(14)23-18(12,2)11-22-3/h4-10H,11H2,1-3H3. The third-order valence-corrected chi connectivity index (χ3v) is 4.66. The number of halogens is 1. The van der Waals surface area contributed by atoms with Crippen LogP contribution in [0.15, 0.2) is 57.4 Å². The fourth-order valence-corrected chi connectivity index (χ4v) is 3.24. The van der Waals surface area contributed by atoms with E-state index in [1.165, 1.54) is 0 Å². The molecule has 0 fully saturated rings. The number of pyridine rings is 1. The maximum Gasteiger partial charge on any atom is 0.255 e. The molecule has 1 aromatic heterocycles. The van der Waals surface area contributed by atoms with Gasteiger partial charge in [0.05, 0.1) is 12.3 Å². The molecule has 120 valence electrons. The summed E-state index contributed by atoms with van der Waals surface area (Å²) in [5.41, 5.74) is 1.99. The fourth-order valence-electron chi connectivity index (χ4n) is 2.88. The van der Waals surface area contributed by atoms with Crippen LogP contribution in [0.1, 0.15) is 19.4 Å². The number of rotatable bonds is 3. The van der Waals surface area contributed by atoms with Crippen molar-refractivity contribution in [2.45, 2.75) is 19.4 Å². The van der Waals surface area contributed by atoms with E-state index >= 15 is 0 Å². The van der Waals surface area contributed by atoms with Gasteiger partial charge in [-0.05, 0) is 43.7 Å². The normalized spacial score (nSPS) is 20.2. The molecule has 1 unspecified atom stereocenters. The maximum atomic E-state index is 12.4. The van der Waals surface area contributed by atoms with Gasteiger partial charge in [-0.15, -0.1) is 0 Å². The average molecular weight is 376 g/mol. The highest BCUT2D eigenvalue weighted by molar-refractivity contribution is 9.10. The van der Waals surface area contributed by atoms with E-state index in [0.717, 1.165) is 27.1 Å². The van der Waals surface area contributed by atoms with Crippen LogP contribution in [-0.2, 0) is 4.74 Å². The van der Waals surface area contributed by atoms with Gasteiger partial charge in [-0.25, -0.2) is 0 Å². The zero-order valence-electron chi connectivity index (χ0n) is 13.3. The van der Waals surface area contributed by atoms with Gasteiger partial charge >= 0.3 is 0 Å². The second kappa shape index (κ2) is 5.98. The molecule has 0 saturated heterocycles. The summed E-state index contributed by atoms with van der Waals surface area (Å²) in [5, 5.41) is 0. The quantitative estimate of drug-likeness (QED) is 0.821. The third-order valence-electron chi connectivity index (χ3n) is 4.16. The van der Waals surface area contributed by atoms with Crippen molar-refractivity contribution >= 4 is 21.6 Å². The molecule has 1 atom stereocenters. The zero-order chi connectivity index (χ0) is 16.6. The number of methoxy groups -OCH3 is 1. The summed E-state index contributed by atoms with van der Waals surface area (Å²) in [6.45, 7) is 4.36. The predicted molar refractivity (Wildman–Crippen MR) is 93.7 cm³/mol. The van der Waals surface area contributed by atoms with Crippen molar-refractivity contribution in [3.05, 3.63) is 68.6 Å². The molecule has 1 aromatic carbocycles. The molecule has 2 heterocycles. The van der Waals surface area contributed by atoms with Crippen molar-refractivity contribution < 1.29 is 9.47 Å². The first-order valence-electron chi connectivity index (χ1n) is 7.33. The molecule has 0 radical (unpaired) electrons. The molecule has 1 aliphatic heterocycles. The van der Waals surface area contributed by atoms with Crippen LogP contribution < -0.4 is 10.3 Å². The number of nitrogens with zero attached hydrogens (tertiary/aromatic N) is 1. The Hall–Kier alpha value is -1.85. The Morgan fingerprint density at radius 2 is 2.09 bits per heavy atom. The second-order valence-corrected chi connectivity index (χ2v) is 6.70. The summed E-state index contributed by atoms with van der Waals surface area (Å²) in [6, 6.07) is 11.0. The lowest BCUT2D eigenvalue weighted by Crippen LogP contribution is -2.43. The summed E-state index contributed by atoms with van der Waals surface area (Å²) in [4.78, 5) is 12.4. The van der Waals surface area contributed by atoms with Crippen molar-refractivity contribution in [2.75, 3.05) is 13.7 Å². The van der Waals surface area contributed by atoms with Crippen LogP contribution in [0.4, 0.5) is 0 Å². The maximum absolute atomic E-state index is 12.4. The van der Waals surface area contributed by atoms with E-state index in [4.69, 9.17) is 9.47 Å². The SMILES string of the molecule is COCC1(C)Oc2ccc(Br)cc2C(n2ccccc2=O)=C1C. The summed E-state index contributed by atoms with van der Waals surface area (Å²) < 4.78 is 14.2. The minimum atomic E-state index is -0.625. The van der Waals surface area contributed by atoms with Crippen LogP contribution in [0.25, 0.3) is 5.70 Å². The lowest BCUT2D eigenvalue weighted by Gasteiger charge is -2.38. The highest BCUT2D eigenvalue weighted by atomic mass is 79.9. The summed E-state index contributed by atoms with van der Waals surface area (Å²) >= 11 is 3.50. The largest absolute Gasteiger partial charge is 0.480 e. The van der Waals surface area contributed by atoms with Crippen LogP contribution in [0, 0.1) is 0 Å². The number of benzene rings is 1. The smallest absolute Gasteiger partial charge is 0.255 e. The van der Waals surface area contributed by atoms with Crippen LogP contribution >= 0.6 is 15.9 Å². The van der Waals surface area contributed by atoms with E-state index in [1.807, 2.05) is 38.1 Å². The molecular formula is C18H18BrNO3. The Balaban J connectivity index is 2.33. The fraction of sp³-hybridized carbons (Fsp3) is 0.278. The Morgan fingerprint density at radius 1 is 1.30 bits per heavy atom. The monoisotopic (exact) mass is 375 g/mol. The molecule has 3 rings (SSSR count). The molecule has 0 saturated carbocycles. The first kappa shape index (κ1) is 16.0. The molecule has 23 heavy (non-hydrogen) atoms. The number of aromatic nitrogens is 1. The lowest BCUT2D eigenvalue weighted by atomic mass is 9.89. The van der Waals surface area contributed by atoms with Gasteiger partial charge in [-0.1, -0.05) is 22.0 Å². The number of fused-ring (bicyclic) bond motifs is 1. The first-order chi connectivity index (χ1) is 11.0. The van der Waals surface area contributed by atoms with Gasteiger partial charge in [-0.3, -0.25) is 9.36 Å². The van der Waals surface area contributed by atoms with Gasteiger partial charge in [-0.2, -0.15) is 0 Å². The minimum Gasteiger partial charge on any atom is -0.480 e. The Morgan fingerprint density at radius 3 is 2.78 bits per heavy atom. The van der Waals surface area contributed by atoms with Crippen LogP contribution in [0.3, 0.4) is 0 Å². The molecule has 0 aliphatic carbocycles. The minimum absolute atomic E-state index is 0.0746. The molecule has 0 N–H and O–H groups in total. The molecule has 0 spiro atoms. The molecule has 0 bridgehead atoms. The number of hydrogen-bond donors (Lipinski definition) is 0. The second-order valence-electron chi connectivity index (χ2n) is 5.79. The zero-order valence-corrected chi connectivity index (χ0v) is 14.9. The third kappa shape index (κ3) is 2.75. The Labute approximate surface area is 143 Å². The number of hydrogen-bond acceptors (Lipinski definition) is 3. The van der Waals surface area contributed by atoms with Gasteiger partial charge in [0.25, 0.3) is 5.56 Å². The van der Waals surface area contributed by atoms with Crippen LogP contribution in [-0.4, -0.2) is 23.9 Å². The lowest BCUT2D eigenvalue weighted by molar-refractivity contribution is 0.0284. The summed E-state index contributed by atoms with van der Waals surface area (Å²) in [7, 11) is 1.65. The van der Waals surface area contributed by atoms with E-state index in [9.17, 15) is 4.79 Å². The first-order valence-corrected chi connectivity index (χ1v) is 8.13. The van der Waals surface area contributed by atoms with Crippen molar-refractivity contribution in [2.24, 2.45) is 0 Å². The van der Waals surface area contributed by atoms with Gasteiger partial charge < -0.3 is 9.47 Å². The van der Waals surface area contributed by atoms with Crippen molar-refractivity contribution in [1.82, 2.24) is 4.57 Å². The topological polar surface area (TPSA) is 40.5 Å². The van der Waals surface area contributed by atoms with Crippen LogP contribution in [0.2, 0.25) is 0 Å². The highest BCUT2D eigenvalue weighted by Gasteiger charge is 2.37.